The third-order valence-electron chi connectivity index (χ3n) is 2.94. The topological polar surface area (TPSA) is 73.2 Å². The van der Waals surface area contributed by atoms with E-state index in [0.29, 0.717) is 0 Å². The van der Waals surface area contributed by atoms with E-state index in [-0.39, 0.29) is 4.91 Å². The summed E-state index contributed by atoms with van der Waals surface area (Å²) in [5.41, 5.74) is 2.92. The number of rotatable bonds is 3. The number of hydrazine groups is 1. The second kappa shape index (κ2) is 5.72. The van der Waals surface area contributed by atoms with Gasteiger partial charge in [0.25, 0.3) is 0 Å². The molecule has 0 unspecified atom stereocenters. The van der Waals surface area contributed by atoms with Crippen LogP contribution in [0, 0.1) is 11.3 Å². The highest BCUT2D eigenvalue weighted by molar-refractivity contribution is 7.96. The van der Waals surface area contributed by atoms with Crippen molar-refractivity contribution in [2.24, 2.45) is 0 Å². The van der Waals surface area contributed by atoms with Gasteiger partial charge < -0.3 is 5.43 Å². The molecule has 6 heteroatoms. The fourth-order valence-corrected chi connectivity index (χ4v) is 2.66. The Morgan fingerprint density at radius 2 is 1.83 bits per heavy atom. The first-order chi connectivity index (χ1) is 8.29. The van der Waals surface area contributed by atoms with Crippen molar-refractivity contribution >= 4 is 9.84 Å². The Morgan fingerprint density at radius 3 is 2.28 bits per heavy atom. The maximum absolute atomic E-state index is 12.1. The summed E-state index contributed by atoms with van der Waals surface area (Å²) in [7, 11) is -3.58. The van der Waals surface area contributed by atoms with Crippen molar-refractivity contribution in [3.63, 3.8) is 0 Å². The van der Waals surface area contributed by atoms with Gasteiger partial charge in [0.05, 0.1) is 4.75 Å². The molecule has 1 aliphatic rings. The molecule has 1 fully saturated rings. The molecule has 1 saturated heterocycles. The van der Waals surface area contributed by atoms with Crippen LogP contribution in [0.5, 0.6) is 0 Å². The molecule has 0 radical (unpaired) electrons. The number of piperidine rings is 1. The molecule has 0 aliphatic carbocycles. The number of nitriles is 1. The highest BCUT2D eigenvalue weighted by Gasteiger charge is 2.33. The Balaban J connectivity index is 2.81. The maximum atomic E-state index is 12.1. The first-order valence-corrected chi connectivity index (χ1v) is 7.63. The lowest BCUT2D eigenvalue weighted by Crippen LogP contribution is -2.39. The number of sulfone groups is 1. The van der Waals surface area contributed by atoms with Crippen LogP contribution in [0.15, 0.2) is 11.1 Å². The monoisotopic (exact) mass is 271 g/mol. The van der Waals surface area contributed by atoms with Crippen LogP contribution in [0.4, 0.5) is 0 Å². The molecule has 0 amide bonds. The molecule has 1 N–H and O–H groups in total. The minimum absolute atomic E-state index is 0.208. The van der Waals surface area contributed by atoms with Gasteiger partial charge in [0.1, 0.15) is 6.07 Å². The second-order valence-electron chi connectivity index (χ2n) is 5.41. The standard InChI is InChI=1S/C12H21N3O2S/c1-12(2,3)18(16,17)11(9-13)10-14-15-7-5-4-6-8-15/h10,14H,4-8H2,1-3H3/b11-10+. The van der Waals surface area contributed by atoms with Gasteiger partial charge in [0, 0.05) is 19.3 Å². The zero-order chi connectivity index (χ0) is 13.8. The molecule has 0 aromatic rings. The van der Waals surface area contributed by atoms with E-state index in [1.807, 2.05) is 5.01 Å². The van der Waals surface area contributed by atoms with E-state index in [1.54, 1.807) is 26.8 Å². The third-order valence-corrected chi connectivity index (χ3v) is 5.34. The first kappa shape index (κ1) is 15.0. The Hall–Kier alpha value is -1.06. The predicted octanol–water partition coefficient (Wildman–Crippen LogP) is 1.56. The fourth-order valence-electron chi connectivity index (χ4n) is 1.67. The van der Waals surface area contributed by atoms with Gasteiger partial charge in [-0.05, 0) is 33.6 Å². The molecule has 0 bridgehead atoms. The number of nitrogens with one attached hydrogen (secondary N) is 1. The summed E-state index contributed by atoms with van der Waals surface area (Å²) >= 11 is 0. The summed E-state index contributed by atoms with van der Waals surface area (Å²) in [5, 5.41) is 10.9. The predicted molar refractivity (Wildman–Crippen MR) is 70.9 cm³/mol. The van der Waals surface area contributed by atoms with Crippen LogP contribution in [0.3, 0.4) is 0 Å². The van der Waals surface area contributed by atoms with E-state index in [9.17, 15) is 8.42 Å². The summed E-state index contributed by atoms with van der Waals surface area (Å²) in [6.07, 6.45) is 4.70. The molecule has 18 heavy (non-hydrogen) atoms. The van der Waals surface area contributed by atoms with Gasteiger partial charge in [-0.1, -0.05) is 6.42 Å². The van der Waals surface area contributed by atoms with Crippen LogP contribution in [0.25, 0.3) is 0 Å². The van der Waals surface area contributed by atoms with Crippen molar-refractivity contribution in [3.05, 3.63) is 11.1 Å². The average Bonchev–Trinajstić information content (AvgIpc) is 2.29. The van der Waals surface area contributed by atoms with Gasteiger partial charge in [-0.15, -0.1) is 0 Å². The highest BCUT2D eigenvalue weighted by Crippen LogP contribution is 2.22. The molecule has 1 heterocycles. The molecule has 1 rings (SSSR count). The summed E-state index contributed by atoms with van der Waals surface area (Å²) in [4.78, 5) is -0.208. The summed E-state index contributed by atoms with van der Waals surface area (Å²) in [5.74, 6) is 0. The van der Waals surface area contributed by atoms with Crippen molar-refractivity contribution < 1.29 is 8.42 Å². The summed E-state index contributed by atoms with van der Waals surface area (Å²) in [6.45, 7) is 6.53. The summed E-state index contributed by atoms with van der Waals surface area (Å²) in [6, 6.07) is 1.77. The van der Waals surface area contributed by atoms with Crippen LogP contribution >= 0.6 is 0 Å². The van der Waals surface area contributed by atoms with E-state index in [0.717, 1.165) is 25.9 Å². The molecule has 0 spiro atoms. The van der Waals surface area contributed by atoms with E-state index >= 15 is 0 Å². The zero-order valence-electron chi connectivity index (χ0n) is 11.2. The van der Waals surface area contributed by atoms with Crippen LogP contribution in [0.2, 0.25) is 0 Å². The number of hydrogen-bond acceptors (Lipinski definition) is 5. The lowest BCUT2D eigenvalue weighted by atomic mass is 10.2. The fraction of sp³-hybridized carbons (Fsp3) is 0.750. The van der Waals surface area contributed by atoms with Crippen LogP contribution in [-0.2, 0) is 9.84 Å². The van der Waals surface area contributed by atoms with Crippen molar-refractivity contribution in [2.45, 2.75) is 44.8 Å². The number of nitrogens with zero attached hydrogens (tertiary/aromatic N) is 2. The molecular formula is C12H21N3O2S. The summed E-state index contributed by atoms with van der Waals surface area (Å²) < 4.78 is 23.3. The molecule has 0 atom stereocenters. The van der Waals surface area contributed by atoms with Crippen molar-refractivity contribution in [3.8, 4) is 6.07 Å². The van der Waals surface area contributed by atoms with Gasteiger partial charge in [-0.2, -0.15) is 5.26 Å². The molecule has 0 aromatic heterocycles. The Morgan fingerprint density at radius 1 is 1.28 bits per heavy atom. The smallest absolute Gasteiger partial charge is 0.194 e. The molecule has 5 nitrogen and oxygen atoms in total. The SMILES string of the molecule is CC(C)(C)S(=O)(=O)/C(C#N)=C/NN1CCCCC1. The van der Waals surface area contributed by atoms with E-state index in [1.165, 1.54) is 12.6 Å². The van der Waals surface area contributed by atoms with E-state index in [4.69, 9.17) is 5.26 Å². The van der Waals surface area contributed by atoms with Crippen molar-refractivity contribution in [2.75, 3.05) is 13.1 Å². The maximum Gasteiger partial charge on any atom is 0.194 e. The van der Waals surface area contributed by atoms with Gasteiger partial charge in [-0.25, -0.2) is 13.4 Å². The molecule has 0 aromatic carbocycles. The molecule has 0 saturated carbocycles. The van der Waals surface area contributed by atoms with Crippen LogP contribution in [-0.4, -0.2) is 31.3 Å². The number of allylic oxidation sites excluding steroid dienone is 1. The van der Waals surface area contributed by atoms with Crippen LogP contribution in [0.1, 0.15) is 40.0 Å². The van der Waals surface area contributed by atoms with Crippen LogP contribution < -0.4 is 5.43 Å². The lowest BCUT2D eigenvalue weighted by Gasteiger charge is -2.26. The van der Waals surface area contributed by atoms with Crippen molar-refractivity contribution in [1.82, 2.24) is 10.4 Å². The van der Waals surface area contributed by atoms with Gasteiger partial charge in [0.2, 0.25) is 0 Å². The van der Waals surface area contributed by atoms with Gasteiger partial charge in [-0.3, -0.25) is 0 Å². The minimum Gasteiger partial charge on any atom is -0.324 e. The molecular weight excluding hydrogens is 250 g/mol. The zero-order valence-corrected chi connectivity index (χ0v) is 12.0. The lowest BCUT2D eigenvalue weighted by molar-refractivity contribution is 0.183. The van der Waals surface area contributed by atoms with Gasteiger partial charge >= 0.3 is 0 Å². The highest BCUT2D eigenvalue weighted by atomic mass is 32.2. The van der Waals surface area contributed by atoms with E-state index < -0.39 is 14.6 Å². The largest absolute Gasteiger partial charge is 0.324 e. The average molecular weight is 271 g/mol. The number of hydrogen-bond donors (Lipinski definition) is 1. The third kappa shape index (κ3) is 3.47. The first-order valence-electron chi connectivity index (χ1n) is 6.15. The quantitative estimate of drug-likeness (QED) is 0.788. The normalized spacial score (nSPS) is 19.3. The Bertz CT molecular complexity index is 449. The Kier molecular flexibility index (Phi) is 4.77. The molecule has 102 valence electrons. The minimum atomic E-state index is -3.58. The molecule has 1 aliphatic heterocycles. The van der Waals surface area contributed by atoms with E-state index in [2.05, 4.69) is 5.43 Å². The second-order valence-corrected chi connectivity index (χ2v) is 8.08. The van der Waals surface area contributed by atoms with Crippen molar-refractivity contribution in [1.29, 1.82) is 5.26 Å². The Labute approximate surface area is 109 Å². The van der Waals surface area contributed by atoms with Gasteiger partial charge in [0.15, 0.2) is 14.7 Å².